The molecule has 4 nitrogen and oxygen atoms in total. The maximum absolute atomic E-state index is 11.0. The van der Waals surface area contributed by atoms with Crippen molar-refractivity contribution in [2.24, 2.45) is 0 Å². The maximum Gasteiger partial charge on any atom is 0.281 e. The summed E-state index contributed by atoms with van der Waals surface area (Å²) in [6.45, 7) is 0. The standard InChI is InChI=1S/C12H8ClNO3/c13-11-6-2-1-5-10(11)12(14(15)16)8-9-4-3-7-17-9/h1-8H/b12-8-. The number of furan rings is 1. The van der Waals surface area contributed by atoms with Crippen LogP contribution in [0.4, 0.5) is 0 Å². The molecule has 0 aliphatic heterocycles. The summed E-state index contributed by atoms with van der Waals surface area (Å²) in [5.74, 6) is 0.414. The Hall–Kier alpha value is -2.07. The van der Waals surface area contributed by atoms with E-state index in [-0.39, 0.29) is 5.70 Å². The van der Waals surface area contributed by atoms with Crippen molar-refractivity contribution in [1.29, 1.82) is 0 Å². The first kappa shape index (κ1) is 11.4. The molecule has 2 rings (SSSR count). The first-order chi connectivity index (χ1) is 8.18. The van der Waals surface area contributed by atoms with Crippen LogP contribution < -0.4 is 0 Å². The summed E-state index contributed by atoms with van der Waals surface area (Å²) in [6.07, 6.45) is 2.80. The average Bonchev–Trinajstić information content (AvgIpc) is 2.79. The minimum atomic E-state index is -0.482. The summed E-state index contributed by atoms with van der Waals surface area (Å²) in [5, 5.41) is 11.4. The first-order valence-electron chi connectivity index (χ1n) is 4.83. The lowest BCUT2D eigenvalue weighted by Gasteiger charge is -2.00. The minimum absolute atomic E-state index is 0.0921. The molecule has 0 saturated carbocycles. The van der Waals surface area contributed by atoms with Gasteiger partial charge in [0.1, 0.15) is 5.76 Å². The summed E-state index contributed by atoms with van der Waals surface area (Å²) in [6, 6.07) is 9.92. The molecule has 0 amide bonds. The fourth-order valence-corrected chi connectivity index (χ4v) is 1.64. The van der Waals surface area contributed by atoms with Crippen molar-refractivity contribution in [3.05, 3.63) is 69.1 Å². The van der Waals surface area contributed by atoms with E-state index in [2.05, 4.69) is 0 Å². The Labute approximate surface area is 102 Å². The molecule has 2 aromatic rings. The summed E-state index contributed by atoms with van der Waals surface area (Å²) in [4.78, 5) is 10.5. The molecule has 0 saturated heterocycles. The Morgan fingerprint density at radius 1 is 1.29 bits per heavy atom. The molecule has 1 aromatic carbocycles. The van der Waals surface area contributed by atoms with Crippen molar-refractivity contribution in [1.82, 2.24) is 0 Å². The Morgan fingerprint density at radius 3 is 2.65 bits per heavy atom. The minimum Gasteiger partial charge on any atom is -0.465 e. The highest BCUT2D eigenvalue weighted by molar-refractivity contribution is 6.32. The van der Waals surface area contributed by atoms with Crippen LogP contribution in [0, 0.1) is 10.1 Å². The van der Waals surface area contributed by atoms with Gasteiger partial charge < -0.3 is 4.42 Å². The van der Waals surface area contributed by atoms with Crippen LogP contribution in [0.15, 0.2) is 47.1 Å². The largest absolute Gasteiger partial charge is 0.465 e. The molecule has 0 unspecified atom stereocenters. The van der Waals surface area contributed by atoms with Gasteiger partial charge >= 0.3 is 0 Å². The van der Waals surface area contributed by atoms with Crippen LogP contribution in [0.3, 0.4) is 0 Å². The van der Waals surface area contributed by atoms with Gasteiger partial charge in [0.15, 0.2) is 0 Å². The van der Waals surface area contributed by atoms with E-state index in [4.69, 9.17) is 16.0 Å². The van der Waals surface area contributed by atoms with Crippen LogP contribution >= 0.6 is 11.6 Å². The molecule has 17 heavy (non-hydrogen) atoms. The molecule has 0 N–H and O–H groups in total. The molecule has 0 atom stereocenters. The van der Waals surface area contributed by atoms with Gasteiger partial charge in [0.25, 0.3) is 5.70 Å². The summed E-state index contributed by atoms with van der Waals surface area (Å²) >= 11 is 5.93. The van der Waals surface area contributed by atoms with E-state index in [0.717, 1.165) is 0 Å². The van der Waals surface area contributed by atoms with Crippen LogP contribution in [-0.2, 0) is 0 Å². The Morgan fingerprint density at radius 2 is 2.06 bits per heavy atom. The van der Waals surface area contributed by atoms with E-state index >= 15 is 0 Å². The van der Waals surface area contributed by atoms with Gasteiger partial charge in [0.2, 0.25) is 0 Å². The predicted octanol–water partition coefficient (Wildman–Crippen LogP) is 3.71. The highest BCUT2D eigenvalue weighted by Crippen LogP contribution is 2.25. The molecule has 1 heterocycles. The maximum atomic E-state index is 11.0. The lowest BCUT2D eigenvalue weighted by atomic mass is 10.1. The Kier molecular flexibility index (Phi) is 3.25. The van der Waals surface area contributed by atoms with Crippen LogP contribution in [0.2, 0.25) is 5.02 Å². The molecule has 1 aromatic heterocycles. The smallest absolute Gasteiger partial charge is 0.281 e. The quantitative estimate of drug-likeness (QED) is 0.615. The number of nitro groups is 1. The second-order valence-corrected chi connectivity index (χ2v) is 3.69. The lowest BCUT2D eigenvalue weighted by molar-refractivity contribution is -0.374. The number of hydrogen-bond acceptors (Lipinski definition) is 3. The van der Waals surface area contributed by atoms with Crippen LogP contribution in [0.1, 0.15) is 11.3 Å². The van der Waals surface area contributed by atoms with Crippen molar-refractivity contribution in [3.8, 4) is 0 Å². The SMILES string of the molecule is O=[N+]([O-])/C(=C\c1ccco1)c1ccccc1Cl. The summed E-state index contributed by atoms with van der Waals surface area (Å²) in [7, 11) is 0. The predicted molar refractivity (Wildman–Crippen MR) is 65.0 cm³/mol. The van der Waals surface area contributed by atoms with Crippen molar-refractivity contribution >= 4 is 23.4 Å². The van der Waals surface area contributed by atoms with E-state index in [9.17, 15) is 10.1 Å². The van der Waals surface area contributed by atoms with Gasteiger partial charge in [0.05, 0.1) is 27.8 Å². The molecule has 0 radical (unpaired) electrons. The molecule has 0 aliphatic rings. The second kappa shape index (κ2) is 4.84. The van der Waals surface area contributed by atoms with Gasteiger partial charge in [-0.05, 0) is 24.3 Å². The van der Waals surface area contributed by atoms with E-state index in [1.54, 1.807) is 36.4 Å². The molecular weight excluding hydrogens is 242 g/mol. The van der Waals surface area contributed by atoms with Crippen LogP contribution in [0.5, 0.6) is 0 Å². The van der Waals surface area contributed by atoms with Crippen LogP contribution in [0.25, 0.3) is 11.8 Å². The van der Waals surface area contributed by atoms with Gasteiger partial charge in [0, 0.05) is 0 Å². The molecular formula is C12H8ClNO3. The fraction of sp³-hybridized carbons (Fsp3) is 0. The van der Waals surface area contributed by atoms with Gasteiger partial charge in [-0.25, -0.2) is 0 Å². The highest BCUT2D eigenvalue weighted by Gasteiger charge is 2.17. The van der Waals surface area contributed by atoms with E-state index in [1.807, 2.05) is 0 Å². The van der Waals surface area contributed by atoms with Gasteiger partial charge in [-0.2, -0.15) is 0 Å². The molecule has 0 spiro atoms. The van der Waals surface area contributed by atoms with Crippen molar-refractivity contribution in [3.63, 3.8) is 0 Å². The fourth-order valence-electron chi connectivity index (χ4n) is 1.41. The number of benzene rings is 1. The zero-order chi connectivity index (χ0) is 12.3. The first-order valence-corrected chi connectivity index (χ1v) is 5.21. The third-order valence-corrected chi connectivity index (χ3v) is 2.50. The van der Waals surface area contributed by atoms with Crippen molar-refractivity contribution < 1.29 is 9.34 Å². The van der Waals surface area contributed by atoms with E-state index < -0.39 is 4.92 Å². The van der Waals surface area contributed by atoms with E-state index in [0.29, 0.717) is 16.3 Å². The number of hydrogen-bond donors (Lipinski definition) is 0. The van der Waals surface area contributed by atoms with Gasteiger partial charge in [-0.15, -0.1) is 0 Å². The Balaban J connectivity index is 2.51. The monoisotopic (exact) mass is 249 g/mol. The number of rotatable bonds is 3. The third-order valence-electron chi connectivity index (χ3n) is 2.17. The molecule has 0 bridgehead atoms. The van der Waals surface area contributed by atoms with Gasteiger partial charge in [-0.3, -0.25) is 10.1 Å². The van der Waals surface area contributed by atoms with Crippen molar-refractivity contribution in [2.45, 2.75) is 0 Å². The normalized spacial score (nSPS) is 11.5. The number of halogens is 1. The highest BCUT2D eigenvalue weighted by atomic mass is 35.5. The molecule has 0 aliphatic carbocycles. The van der Waals surface area contributed by atoms with Crippen LogP contribution in [-0.4, -0.2) is 4.92 Å². The zero-order valence-electron chi connectivity index (χ0n) is 8.67. The third kappa shape index (κ3) is 2.54. The zero-order valence-corrected chi connectivity index (χ0v) is 9.42. The molecule has 5 heteroatoms. The molecule has 0 fully saturated rings. The van der Waals surface area contributed by atoms with Crippen molar-refractivity contribution in [2.75, 3.05) is 0 Å². The Bertz CT molecular complexity index is 561. The summed E-state index contributed by atoms with van der Waals surface area (Å²) in [5.41, 5.74) is 0.279. The second-order valence-electron chi connectivity index (χ2n) is 3.28. The topological polar surface area (TPSA) is 56.3 Å². The van der Waals surface area contributed by atoms with Gasteiger partial charge in [-0.1, -0.05) is 23.7 Å². The molecule has 86 valence electrons. The summed E-state index contributed by atoms with van der Waals surface area (Å²) < 4.78 is 5.05. The lowest BCUT2D eigenvalue weighted by Crippen LogP contribution is -1.98. The number of nitrogens with zero attached hydrogens (tertiary/aromatic N) is 1. The average molecular weight is 250 g/mol. The van der Waals surface area contributed by atoms with E-state index in [1.165, 1.54) is 12.3 Å².